The molecule has 0 unspecified atom stereocenters. The fourth-order valence-electron chi connectivity index (χ4n) is 3.70. The van der Waals surface area contributed by atoms with E-state index >= 15 is 0 Å². The van der Waals surface area contributed by atoms with Crippen LogP contribution in [0, 0.1) is 11.6 Å². The van der Waals surface area contributed by atoms with Gasteiger partial charge < -0.3 is 15.5 Å². The van der Waals surface area contributed by atoms with Gasteiger partial charge in [-0.05, 0) is 92.4 Å². The predicted molar refractivity (Wildman–Crippen MR) is 134 cm³/mol. The lowest BCUT2D eigenvalue weighted by molar-refractivity contribution is 0.248. The van der Waals surface area contributed by atoms with Gasteiger partial charge in [0.1, 0.15) is 11.6 Å². The van der Waals surface area contributed by atoms with Crippen molar-refractivity contribution in [1.82, 2.24) is 10.2 Å². The number of aryl methyl sites for hydroxylation is 1. The van der Waals surface area contributed by atoms with Crippen molar-refractivity contribution in [2.24, 2.45) is 0 Å². The molecule has 0 fully saturated rings. The first kappa shape index (κ1) is 25.7. The van der Waals surface area contributed by atoms with Crippen LogP contribution in [-0.2, 0) is 12.8 Å². The van der Waals surface area contributed by atoms with Gasteiger partial charge in [-0.25, -0.2) is 13.6 Å². The molecule has 0 saturated heterocycles. The molecular weight excluding hydrogens is 456 g/mol. The van der Waals surface area contributed by atoms with Crippen molar-refractivity contribution in [2.45, 2.75) is 25.7 Å². The summed E-state index contributed by atoms with van der Waals surface area (Å²) in [5.41, 5.74) is 2.33. The number of halogens is 3. The molecular formula is C27H30ClF2N3O. The molecule has 3 aromatic rings. The number of hydrogen-bond donors (Lipinski definition) is 2. The van der Waals surface area contributed by atoms with Crippen molar-refractivity contribution >= 4 is 23.3 Å². The number of amides is 2. The van der Waals surface area contributed by atoms with E-state index < -0.39 is 5.82 Å². The second kappa shape index (κ2) is 13.7. The highest BCUT2D eigenvalue weighted by Crippen LogP contribution is 2.14. The molecule has 3 aromatic carbocycles. The number of urea groups is 1. The highest BCUT2D eigenvalue weighted by Gasteiger charge is 2.09. The van der Waals surface area contributed by atoms with Crippen LogP contribution < -0.4 is 10.6 Å². The summed E-state index contributed by atoms with van der Waals surface area (Å²) in [5.74, 6) is -0.793. The van der Waals surface area contributed by atoms with Crippen LogP contribution >= 0.6 is 11.6 Å². The van der Waals surface area contributed by atoms with Gasteiger partial charge in [-0.2, -0.15) is 0 Å². The van der Waals surface area contributed by atoms with E-state index in [0.717, 1.165) is 44.2 Å². The molecule has 2 N–H and O–H groups in total. The number of rotatable bonds is 12. The SMILES string of the molecule is O=C(NCCCN(CCCc1cc(F)ccc1F)CCc1ccc(Cl)cc1)Nc1ccccc1. The van der Waals surface area contributed by atoms with Gasteiger partial charge in [0.25, 0.3) is 0 Å². The Labute approximate surface area is 204 Å². The van der Waals surface area contributed by atoms with Crippen LogP contribution in [-0.4, -0.2) is 37.1 Å². The zero-order valence-electron chi connectivity index (χ0n) is 19.1. The topological polar surface area (TPSA) is 44.4 Å². The highest BCUT2D eigenvalue weighted by molar-refractivity contribution is 6.30. The zero-order valence-corrected chi connectivity index (χ0v) is 19.8. The van der Waals surface area contributed by atoms with Crippen LogP contribution in [0.4, 0.5) is 19.3 Å². The molecule has 0 atom stereocenters. The summed E-state index contributed by atoms with van der Waals surface area (Å²) in [4.78, 5) is 14.4. The van der Waals surface area contributed by atoms with Crippen LogP contribution in [0.15, 0.2) is 72.8 Å². The van der Waals surface area contributed by atoms with E-state index in [0.29, 0.717) is 30.0 Å². The molecule has 0 aliphatic rings. The van der Waals surface area contributed by atoms with Gasteiger partial charge in [-0.3, -0.25) is 0 Å². The Morgan fingerprint density at radius 1 is 0.853 bits per heavy atom. The van der Waals surface area contributed by atoms with Crippen molar-refractivity contribution in [2.75, 3.05) is 31.5 Å². The quantitative estimate of drug-likeness (QED) is 0.295. The first-order chi connectivity index (χ1) is 16.5. The monoisotopic (exact) mass is 485 g/mol. The zero-order chi connectivity index (χ0) is 24.2. The number of nitrogens with zero attached hydrogens (tertiary/aromatic N) is 1. The van der Waals surface area contributed by atoms with Gasteiger partial charge in [-0.15, -0.1) is 0 Å². The van der Waals surface area contributed by atoms with Crippen molar-refractivity contribution in [3.8, 4) is 0 Å². The Morgan fingerprint density at radius 2 is 1.59 bits per heavy atom. The van der Waals surface area contributed by atoms with Gasteiger partial charge in [-0.1, -0.05) is 41.9 Å². The number of carbonyl (C=O) groups is 1. The van der Waals surface area contributed by atoms with Gasteiger partial charge >= 0.3 is 6.03 Å². The first-order valence-corrected chi connectivity index (χ1v) is 11.9. The van der Waals surface area contributed by atoms with E-state index in [1.165, 1.54) is 17.7 Å². The van der Waals surface area contributed by atoms with Crippen LogP contribution in [0.25, 0.3) is 0 Å². The van der Waals surface area contributed by atoms with Crippen LogP contribution in [0.2, 0.25) is 5.02 Å². The fraction of sp³-hybridized carbons (Fsp3) is 0.296. The van der Waals surface area contributed by atoms with Crippen molar-refractivity contribution < 1.29 is 13.6 Å². The molecule has 3 rings (SSSR count). The molecule has 2 amide bonds. The van der Waals surface area contributed by atoms with Crippen LogP contribution in [0.5, 0.6) is 0 Å². The summed E-state index contributed by atoms with van der Waals surface area (Å²) >= 11 is 5.98. The van der Waals surface area contributed by atoms with Gasteiger partial charge in [0.05, 0.1) is 0 Å². The Bertz CT molecular complexity index is 1030. The summed E-state index contributed by atoms with van der Waals surface area (Å²) in [6.45, 7) is 2.89. The molecule has 7 heteroatoms. The molecule has 0 bridgehead atoms. The second-order valence-corrected chi connectivity index (χ2v) is 8.59. The average Bonchev–Trinajstić information content (AvgIpc) is 2.83. The summed E-state index contributed by atoms with van der Waals surface area (Å²) in [6.07, 6.45) is 2.81. The normalized spacial score (nSPS) is 10.9. The molecule has 180 valence electrons. The van der Waals surface area contributed by atoms with Gasteiger partial charge in [0.15, 0.2) is 0 Å². The maximum Gasteiger partial charge on any atom is 0.319 e. The number of anilines is 1. The third kappa shape index (κ3) is 9.12. The number of benzene rings is 3. The molecule has 34 heavy (non-hydrogen) atoms. The van der Waals surface area contributed by atoms with Crippen molar-refractivity contribution in [3.05, 3.63) is 101 Å². The molecule has 0 aliphatic heterocycles. The summed E-state index contributed by atoms with van der Waals surface area (Å²) in [7, 11) is 0. The smallest absolute Gasteiger partial charge is 0.319 e. The van der Waals surface area contributed by atoms with Crippen LogP contribution in [0.1, 0.15) is 24.0 Å². The first-order valence-electron chi connectivity index (χ1n) is 11.5. The molecule has 0 heterocycles. The molecule has 4 nitrogen and oxygen atoms in total. The van der Waals surface area contributed by atoms with E-state index in [1.807, 2.05) is 54.6 Å². The van der Waals surface area contributed by atoms with E-state index in [2.05, 4.69) is 15.5 Å². The summed E-state index contributed by atoms with van der Waals surface area (Å²) in [6, 6.07) is 20.4. The molecule has 0 radical (unpaired) electrons. The number of hydrogen-bond acceptors (Lipinski definition) is 2. The minimum Gasteiger partial charge on any atom is -0.338 e. The number of nitrogens with one attached hydrogen (secondary N) is 2. The third-order valence-electron chi connectivity index (χ3n) is 5.53. The van der Waals surface area contributed by atoms with E-state index in [4.69, 9.17) is 11.6 Å². The summed E-state index contributed by atoms with van der Waals surface area (Å²) < 4.78 is 27.4. The molecule has 0 aliphatic carbocycles. The molecule has 0 aromatic heterocycles. The lowest BCUT2D eigenvalue weighted by atomic mass is 10.1. The Kier molecular flexibility index (Phi) is 10.3. The van der Waals surface area contributed by atoms with Crippen molar-refractivity contribution in [3.63, 3.8) is 0 Å². The maximum absolute atomic E-state index is 13.9. The van der Waals surface area contributed by atoms with Crippen molar-refractivity contribution in [1.29, 1.82) is 0 Å². The Hall–Kier alpha value is -2.96. The van der Waals surface area contributed by atoms with E-state index in [-0.39, 0.29) is 11.8 Å². The minimum atomic E-state index is -0.421. The molecule has 0 spiro atoms. The maximum atomic E-state index is 13.9. The number of carbonyl (C=O) groups excluding carboxylic acids is 1. The van der Waals surface area contributed by atoms with Gasteiger partial charge in [0.2, 0.25) is 0 Å². The van der Waals surface area contributed by atoms with Crippen LogP contribution in [0.3, 0.4) is 0 Å². The average molecular weight is 486 g/mol. The largest absolute Gasteiger partial charge is 0.338 e. The fourth-order valence-corrected chi connectivity index (χ4v) is 3.83. The summed E-state index contributed by atoms with van der Waals surface area (Å²) in [5, 5.41) is 6.39. The predicted octanol–water partition coefficient (Wildman–Crippen LogP) is 6.31. The van der Waals surface area contributed by atoms with E-state index in [9.17, 15) is 13.6 Å². The second-order valence-electron chi connectivity index (χ2n) is 8.16. The minimum absolute atomic E-state index is 0.236. The highest BCUT2D eigenvalue weighted by atomic mass is 35.5. The third-order valence-corrected chi connectivity index (χ3v) is 5.78. The number of para-hydroxylation sites is 1. The Morgan fingerprint density at radius 3 is 2.35 bits per heavy atom. The lowest BCUT2D eigenvalue weighted by Gasteiger charge is -2.22. The van der Waals surface area contributed by atoms with Gasteiger partial charge in [0, 0.05) is 23.8 Å². The lowest BCUT2D eigenvalue weighted by Crippen LogP contribution is -2.34. The molecule has 0 saturated carbocycles. The standard InChI is InChI=1S/C27H30ClF2N3O/c28-23-11-9-21(10-12-23)15-19-33(17-4-6-22-20-24(29)13-14-26(22)30)18-5-16-31-27(34)32-25-7-2-1-3-8-25/h1-3,7-14,20H,4-6,15-19H2,(H2,31,32,34). The van der Waals surface area contributed by atoms with E-state index in [1.54, 1.807) is 0 Å². The Balaban J connectivity index is 1.46.